The summed E-state index contributed by atoms with van der Waals surface area (Å²) in [6, 6.07) is 4.96. The summed E-state index contributed by atoms with van der Waals surface area (Å²) in [5.74, 6) is -0.140. The number of aryl methyl sites for hydroxylation is 1. The van der Waals surface area contributed by atoms with Crippen molar-refractivity contribution in [1.29, 1.82) is 0 Å². The Hall–Kier alpha value is -1.59. The summed E-state index contributed by atoms with van der Waals surface area (Å²) in [7, 11) is 0. The van der Waals surface area contributed by atoms with E-state index in [2.05, 4.69) is 10.3 Å². The molecule has 3 N–H and O–H groups in total. The highest BCUT2D eigenvalue weighted by Gasteiger charge is 2.06. The molecular formula is C12H14N2O2S. The summed E-state index contributed by atoms with van der Waals surface area (Å²) in [6.45, 7) is 3.20. The predicted molar refractivity (Wildman–Crippen MR) is 67.2 cm³/mol. The minimum atomic E-state index is -0.0849. The van der Waals surface area contributed by atoms with Gasteiger partial charge in [0.15, 0.2) is 11.5 Å². The van der Waals surface area contributed by atoms with Crippen LogP contribution in [0.4, 0.5) is 0 Å². The molecule has 1 aromatic carbocycles. The van der Waals surface area contributed by atoms with Gasteiger partial charge in [-0.05, 0) is 13.0 Å². The second kappa shape index (κ2) is 5.16. The van der Waals surface area contributed by atoms with Gasteiger partial charge in [-0.15, -0.1) is 11.3 Å². The Morgan fingerprint density at radius 1 is 1.29 bits per heavy atom. The third kappa shape index (κ3) is 2.75. The molecule has 0 aliphatic rings. The second-order valence-electron chi connectivity index (χ2n) is 3.75. The number of phenols is 2. The number of nitrogens with zero attached hydrogens (tertiary/aromatic N) is 1. The maximum atomic E-state index is 9.61. The Bertz CT molecular complexity index is 511. The van der Waals surface area contributed by atoms with Crippen molar-refractivity contribution >= 4 is 11.3 Å². The molecule has 0 unspecified atom stereocenters. The predicted octanol–water partition coefficient (Wildman–Crippen LogP) is 2.15. The number of thiazole rings is 1. The number of para-hydroxylation sites is 1. The van der Waals surface area contributed by atoms with Gasteiger partial charge in [0, 0.05) is 23.5 Å². The number of nitrogens with one attached hydrogen (secondary N) is 1. The molecule has 1 aromatic heterocycles. The van der Waals surface area contributed by atoms with Crippen LogP contribution in [0.15, 0.2) is 23.7 Å². The number of benzene rings is 1. The fourth-order valence-corrected chi connectivity index (χ4v) is 2.27. The molecule has 90 valence electrons. The first kappa shape index (κ1) is 11.9. The molecule has 5 heteroatoms. The number of hydrogen-bond donors (Lipinski definition) is 3. The largest absolute Gasteiger partial charge is 0.504 e. The Balaban J connectivity index is 1.95. The molecule has 0 bridgehead atoms. The smallest absolute Gasteiger partial charge is 0.161 e. The molecule has 2 aromatic rings. The van der Waals surface area contributed by atoms with Crippen LogP contribution in [0, 0.1) is 6.92 Å². The number of aromatic nitrogens is 1. The molecule has 0 spiro atoms. The van der Waals surface area contributed by atoms with Gasteiger partial charge in [-0.3, -0.25) is 0 Å². The Morgan fingerprint density at radius 2 is 2.12 bits per heavy atom. The van der Waals surface area contributed by atoms with Crippen LogP contribution in [-0.4, -0.2) is 15.2 Å². The van der Waals surface area contributed by atoms with Crippen molar-refractivity contribution < 1.29 is 10.2 Å². The standard InChI is InChI=1S/C12H14N2O2S/c1-8-11(17-7-14-8)6-13-5-9-3-2-4-10(15)12(9)16/h2-4,7,13,15-16H,5-6H2,1H3. The van der Waals surface area contributed by atoms with Gasteiger partial charge in [-0.2, -0.15) is 0 Å². The zero-order valence-electron chi connectivity index (χ0n) is 9.47. The van der Waals surface area contributed by atoms with E-state index in [9.17, 15) is 10.2 Å². The SMILES string of the molecule is Cc1ncsc1CNCc1cccc(O)c1O. The van der Waals surface area contributed by atoms with Crippen LogP contribution in [0.1, 0.15) is 16.1 Å². The summed E-state index contributed by atoms with van der Waals surface area (Å²) >= 11 is 1.61. The van der Waals surface area contributed by atoms with Crippen molar-refractivity contribution in [2.45, 2.75) is 20.0 Å². The van der Waals surface area contributed by atoms with Crippen LogP contribution in [0.3, 0.4) is 0 Å². The summed E-state index contributed by atoms with van der Waals surface area (Å²) in [6.07, 6.45) is 0. The molecule has 0 saturated heterocycles. The summed E-state index contributed by atoms with van der Waals surface area (Å²) in [5.41, 5.74) is 3.54. The summed E-state index contributed by atoms with van der Waals surface area (Å²) in [5, 5.41) is 22.2. The van der Waals surface area contributed by atoms with Crippen molar-refractivity contribution in [1.82, 2.24) is 10.3 Å². The van der Waals surface area contributed by atoms with E-state index in [1.54, 1.807) is 23.5 Å². The molecule has 0 saturated carbocycles. The van der Waals surface area contributed by atoms with Gasteiger partial charge in [0.25, 0.3) is 0 Å². The van der Waals surface area contributed by atoms with Crippen LogP contribution in [0.5, 0.6) is 11.5 Å². The van der Waals surface area contributed by atoms with Gasteiger partial charge in [-0.1, -0.05) is 12.1 Å². The zero-order valence-corrected chi connectivity index (χ0v) is 10.3. The van der Waals surface area contributed by atoms with Crippen molar-refractivity contribution in [3.8, 4) is 11.5 Å². The zero-order chi connectivity index (χ0) is 12.3. The number of hydrogen-bond acceptors (Lipinski definition) is 5. The molecule has 0 fully saturated rings. The molecular weight excluding hydrogens is 236 g/mol. The van der Waals surface area contributed by atoms with Crippen molar-refractivity contribution in [3.05, 3.63) is 39.8 Å². The van der Waals surface area contributed by atoms with Crippen molar-refractivity contribution in [2.24, 2.45) is 0 Å². The first-order chi connectivity index (χ1) is 8.18. The summed E-state index contributed by atoms with van der Waals surface area (Å²) in [4.78, 5) is 5.35. The monoisotopic (exact) mass is 250 g/mol. The lowest BCUT2D eigenvalue weighted by Gasteiger charge is -2.07. The van der Waals surface area contributed by atoms with E-state index in [-0.39, 0.29) is 11.5 Å². The quantitative estimate of drug-likeness (QED) is 0.727. The lowest BCUT2D eigenvalue weighted by Crippen LogP contribution is -2.12. The molecule has 0 radical (unpaired) electrons. The van der Waals surface area contributed by atoms with E-state index in [0.717, 1.165) is 5.69 Å². The van der Waals surface area contributed by atoms with E-state index < -0.39 is 0 Å². The molecule has 0 aliphatic heterocycles. The number of rotatable bonds is 4. The highest BCUT2D eigenvalue weighted by atomic mass is 32.1. The maximum Gasteiger partial charge on any atom is 0.161 e. The van der Waals surface area contributed by atoms with Crippen LogP contribution in [0.2, 0.25) is 0 Å². The topological polar surface area (TPSA) is 65.4 Å². The Kier molecular flexibility index (Phi) is 3.61. The lowest BCUT2D eigenvalue weighted by molar-refractivity contribution is 0.397. The van der Waals surface area contributed by atoms with Gasteiger partial charge in [0.1, 0.15) is 0 Å². The van der Waals surface area contributed by atoms with E-state index in [1.807, 2.05) is 12.4 Å². The minimum absolute atomic E-state index is 0.0546. The number of aromatic hydroxyl groups is 2. The van der Waals surface area contributed by atoms with Crippen LogP contribution in [0.25, 0.3) is 0 Å². The molecule has 2 rings (SSSR count). The number of phenolic OH excluding ortho intramolecular Hbond substituents is 2. The highest BCUT2D eigenvalue weighted by molar-refractivity contribution is 7.09. The molecule has 0 amide bonds. The van der Waals surface area contributed by atoms with Crippen LogP contribution >= 0.6 is 11.3 Å². The average molecular weight is 250 g/mol. The Labute approximate surface area is 104 Å². The highest BCUT2D eigenvalue weighted by Crippen LogP contribution is 2.27. The van der Waals surface area contributed by atoms with Gasteiger partial charge < -0.3 is 15.5 Å². The van der Waals surface area contributed by atoms with E-state index >= 15 is 0 Å². The third-order valence-corrected chi connectivity index (χ3v) is 3.48. The second-order valence-corrected chi connectivity index (χ2v) is 4.69. The molecule has 1 heterocycles. The van der Waals surface area contributed by atoms with Gasteiger partial charge in [-0.25, -0.2) is 4.98 Å². The Morgan fingerprint density at radius 3 is 2.82 bits per heavy atom. The van der Waals surface area contributed by atoms with Gasteiger partial charge >= 0.3 is 0 Å². The average Bonchev–Trinajstić information content (AvgIpc) is 2.71. The van der Waals surface area contributed by atoms with E-state index in [4.69, 9.17) is 0 Å². The van der Waals surface area contributed by atoms with Crippen LogP contribution in [-0.2, 0) is 13.1 Å². The maximum absolute atomic E-state index is 9.61. The van der Waals surface area contributed by atoms with Crippen molar-refractivity contribution in [3.63, 3.8) is 0 Å². The van der Waals surface area contributed by atoms with Crippen LogP contribution < -0.4 is 5.32 Å². The summed E-state index contributed by atoms with van der Waals surface area (Å²) < 4.78 is 0. The third-order valence-electron chi connectivity index (χ3n) is 2.54. The molecule has 17 heavy (non-hydrogen) atoms. The molecule has 4 nitrogen and oxygen atoms in total. The fourth-order valence-electron chi connectivity index (χ4n) is 1.53. The molecule has 0 aliphatic carbocycles. The minimum Gasteiger partial charge on any atom is -0.504 e. The van der Waals surface area contributed by atoms with Gasteiger partial charge in [0.05, 0.1) is 11.2 Å². The molecule has 0 atom stereocenters. The normalized spacial score (nSPS) is 10.6. The lowest BCUT2D eigenvalue weighted by atomic mass is 10.2. The van der Waals surface area contributed by atoms with E-state index in [1.165, 1.54) is 10.9 Å². The fraction of sp³-hybridized carbons (Fsp3) is 0.250. The van der Waals surface area contributed by atoms with Crippen molar-refractivity contribution in [2.75, 3.05) is 0 Å². The van der Waals surface area contributed by atoms with Gasteiger partial charge in [0.2, 0.25) is 0 Å². The first-order valence-electron chi connectivity index (χ1n) is 5.28. The first-order valence-corrected chi connectivity index (χ1v) is 6.16. The van der Waals surface area contributed by atoms with E-state index in [0.29, 0.717) is 18.7 Å².